The van der Waals surface area contributed by atoms with Crippen LogP contribution in [0.25, 0.3) is 0 Å². The van der Waals surface area contributed by atoms with Crippen molar-refractivity contribution in [3.05, 3.63) is 45.6 Å². The first-order valence-electron chi connectivity index (χ1n) is 6.56. The van der Waals surface area contributed by atoms with E-state index < -0.39 is 0 Å². The molecular weight excluding hydrogens is 286 g/mol. The first-order chi connectivity index (χ1) is 10.0. The Balaban J connectivity index is 2.16. The van der Waals surface area contributed by atoms with E-state index in [0.29, 0.717) is 28.4 Å². The number of hydrogen-bond acceptors (Lipinski definition) is 4. The molecule has 0 aliphatic carbocycles. The summed E-state index contributed by atoms with van der Waals surface area (Å²) in [6.45, 7) is 4.30. The summed E-state index contributed by atoms with van der Waals surface area (Å²) < 4.78 is 0. The van der Waals surface area contributed by atoms with Crippen molar-refractivity contribution in [2.24, 2.45) is 0 Å². The summed E-state index contributed by atoms with van der Waals surface area (Å²) in [4.78, 5) is 25.4. The molecule has 0 fully saturated rings. The van der Waals surface area contributed by atoms with Crippen molar-refractivity contribution in [1.29, 1.82) is 0 Å². The third-order valence-corrected chi connectivity index (χ3v) is 3.93. The Kier molecular flexibility index (Phi) is 4.59. The van der Waals surface area contributed by atoms with Crippen LogP contribution in [0.3, 0.4) is 0 Å². The van der Waals surface area contributed by atoms with Gasteiger partial charge in [0.2, 0.25) is 0 Å². The molecule has 5 nitrogen and oxygen atoms in total. The number of amides is 2. The number of carbonyl (C=O) groups is 2. The molecule has 0 radical (unpaired) electrons. The highest BCUT2D eigenvalue weighted by atomic mass is 32.1. The van der Waals surface area contributed by atoms with Gasteiger partial charge in [0.25, 0.3) is 11.8 Å². The van der Waals surface area contributed by atoms with Gasteiger partial charge in [-0.15, -0.1) is 11.3 Å². The third-order valence-electron chi connectivity index (χ3n) is 2.88. The molecule has 0 unspecified atom stereocenters. The van der Waals surface area contributed by atoms with Gasteiger partial charge in [-0.05, 0) is 38.1 Å². The number of anilines is 2. The van der Waals surface area contributed by atoms with Crippen LogP contribution >= 0.6 is 11.3 Å². The Labute approximate surface area is 127 Å². The monoisotopic (exact) mass is 303 g/mol. The number of rotatable bonds is 4. The maximum atomic E-state index is 12.2. The minimum Gasteiger partial charge on any atom is -0.399 e. The van der Waals surface area contributed by atoms with E-state index in [4.69, 9.17) is 5.73 Å². The van der Waals surface area contributed by atoms with Gasteiger partial charge < -0.3 is 16.4 Å². The van der Waals surface area contributed by atoms with Crippen molar-refractivity contribution in [1.82, 2.24) is 5.32 Å². The van der Waals surface area contributed by atoms with Crippen molar-refractivity contribution >= 4 is 34.5 Å². The number of nitrogen functional groups attached to an aromatic ring is 1. The van der Waals surface area contributed by atoms with Crippen LogP contribution in [0.5, 0.6) is 0 Å². The maximum Gasteiger partial charge on any atom is 0.261 e. The van der Waals surface area contributed by atoms with Crippen molar-refractivity contribution < 1.29 is 9.59 Å². The average Bonchev–Trinajstić information content (AvgIpc) is 2.80. The van der Waals surface area contributed by atoms with Crippen LogP contribution in [0.1, 0.15) is 31.8 Å². The quantitative estimate of drug-likeness (QED) is 0.759. The SMILES string of the molecule is CCNC(=O)c1cc(NC(=O)c2cccc(N)c2)c(C)s1. The fraction of sp³-hybridized carbons (Fsp3) is 0.200. The summed E-state index contributed by atoms with van der Waals surface area (Å²) in [7, 11) is 0. The predicted molar refractivity (Wildman–Crippen MR) is 85.9 cm³/mol. The Hall–Kier alpha value is -2.34. The highest BCUT2D eigenvalue weighted by Crippen LogP contribution is 2.26. The van der Waals surface area contributed by atoms with Gasteiger partial charge in [-0.3, -0.25) is 9.59 Å². The van der Waals surface area contributed by atoms with Crippen LogP contribution in [-0.2, 0) is 0 Å². The molecule has 110 valence electrons. The van der Waals surface area contributed by atoms with E-state index >= 15 is 0 Å². The van der Waals surface area contributed by atoms with E-state index in [1.165, 1.54) is 11.3 Å². The number of benzene rings is 1. The molecule has 1 heterocycles. The first kappa shape index (κ1) is 15.1. The summed E-state index contributed by atoms with van der Waals surface area (Å²) in [6, 6.07) is 8.44. The molecule has 1 aromatic heterocycles. The van der Waals surface area contributed by atoms with Gasteiger partial charge in [-0.1, -0.05) is 6.07 Å². The highest BCUT2D eigenvalue weighted by molar-refractivity contribution is 7.14. The molecule has 0 bridgehead atoms. The Morgan fingerprint density at radius 2 is 2.00 bits per heavy atom. The Morgan fingerprint density at radius 1 is 1.24 bits per heavy atom. The fourth-order valence-corrected chi connectivity index (χ4v) is 2.73. The second kappa shape index (κ2) is 6.41. The molecule has 2 rings (SSSR count). The van der Waals surface area contributed by atoms with Crippen LogP contribution in [0, 0.1) is 6.92 Å². The number of aryl methyl sites for hydroxylation is 1. The second-order valence-corrected chi connectivity index (χ2v) is 5.78. The van der Waals surface area contributed by atoms with Gasteiger partial charge >= 0.3 is 0 Å². The van der Waals surface area contributed by atoms with E-state index in [0.717, 1.165) is 4.88 Å². The van der Waals surface area contributed by atoms with Gasteiger partial charge in [-0.25, -0.2) is 0 Å². The molecular formula is C15H17N3O2S. The minimum absolute atomic E-state index is 0.130. The van der Waals surface area contributed by atoms with E-state index in [1.807, 2.05) is 13.8 Å². The van der Waals surface area contributed by atoms with E-state index in [-0.39, 0.29) is 11.8 Å². The summed E-state index contributed by atoms with van der Waals surface area (Å²) in [5.41, 5.74) is 7.33. The second-order valence-electron chi connectivity index (χ2n) is 4.52. The Morgan fingerprint density at radius 3 is 2.67 bits per heavy atom. The van der Waals surface area contributed by atoms with E-state index in [2.05, 4.69) is 10.6 Å². The number of nitrogens with two attached hydrogens (primary N) is 1. The van der Waals surface area contributed by atoms with Crippen LogP contribution in [0.2, 0.25) is 0 Å². The molecule has 0 spiro atoms. The van der Waals surface area contributed by atoms with Gasteiger partial charge in [0.15, 0.2) is 0 Å². The summed E-state index contributed by atoms with van der Waals surface area (Å²) >= 11 is 1.35. The van der Waals surface area contributed by atoms with Crippen LogP contribution in [0.15, 0.2) is 30.3 Å². The van der Waals surface area contributed by atoms with Crippen LogP contribution in [0.4, 0.5) is 11.4 Å². The number of thiophene rings is 1. The zero-order chi connectivity index (χ0) is 15.4. The molecule has 1 aromatic carbocycles. The molecule has 2 aromatic rings. The van der Waals surface area contributed by atoms with Crippen molar-refractivity contribution in [2.45, 2.75) is 13.8 Å². The minimum atomic E-state index is -0.245. The summed E-state index contributed by atoms with van der Waals surface area (Å²) in [6.07, 6.45) is 0. The molecule has 21 heavy (non-hydrogen) atoms. The lowest BCUT2D eigenvalue weighted by molar-refractivity contribution is 0.0958. The predicted octanol–water partition coefficient (Wildman–Crippen LogP) is 2.64. The van der Waals surface area contributed by atoms with Crippen molar-refractivity contribution in [2.75, 3.05) is 17.6 Å². The molecule has 0 atom stereocenters. The molecule has 4 N–H and O–H groups in total. The smallest absolute Gasteiger partial charge is 0.261 e. The third kappa shape index (κ3) is 3.61. The number of carbonyl (C=O) groups excluding carboxylic acids is 2. The molecule has 0 saturated carbocycles. The number of hydrogen-bond donors (Lipinski definition) is 3. The van der Waals surface area contributed by atoms with Gasteiger partial charge in [-0.2, -0.15) is 0 Å². The fourth-order valence-electron chi connectivity index (χ4n) is 1.84. The van der Waals surface area contributed by atoms with Crippen molar-refractivity contribution in [3.63, 3.8) is 0 Å². The van der Waals surface area contributed by atoms with Gasteiger partial charge in [0.05, 0.1) is 10.6 Å². The molecule has 0 aliphatic heterocycles. The molecule has 2 amide bonds. The lowest BCUT2D eigenvalue weighted by Gasteiger charge is -2.04. The molecule has 0 saturated heterocycles. The lowest BCUT2D eigenvalue weighted by atomic mass is 10.2. The number of nitrogens with one attached hydrogen (secondary N) is 2. The van der Waals surface area contributed by atoms with Crippen molar-refractivity contribution in [3.8, 4) is 0 Å². The van der Waals surface area contributed by atoms with Gasteiger partial charge in [0.1, 0.15) is 0 Å². The van der Waals surface area contributed by atoms with Crippen LogP contribution in [-0.4, -0.2) is 18.4 Å². The normalized spacial score (nSPS) is 10.2. The maximum absolute atomic E-state index is 12.2. The zero-order valence-corrected chi connectivity index (χ0v) is 12.7. The summed E-state index contributed by atoms with van der Waals surface area (Å²) in [5.74, 6) is -0.374. The van der Waals surface area contributed by atoms with E-state index in [9.17, 15) is 9.59 Å². The largest absolute Gasteiger partial charge is 0.399 e. The summed E-state index contributed by atoms with van der Waals surface area (Å²) in [5, 5.41) is 5.54. The Bertz CT molecular complexity index is 679. The zero-order valence-electron chi connectivity index (χ0n) is 11.9. The molecule has 6 heteroatoms. The lowest BCUT2D eigenvalue weighted by Crippen LogP contribution is -2.21. The topological polar surface area (TPSA) is 84.2 Å². The molecule has 0 aliphatic rings. The average molecular weight is 303 g/mol. The standard InChI is InChI=1S/C15H17N3O2S/c1-3-17-15(20)13-8-12(9(2)21-13)18-14(19)10-5-4-6-11(16)7-10/h4-8H,3,16H2,1-2H3,(H,17,20)(H,18,19). The highest BCUT2D eigenvalue weighted by Gasteiger charge is 2.14. The van der Waals surface area contributed by atoms with E-state index in [1.54, 1.807) is 30.3 Å². The van der Waals surface area contributed by atoms with Crippen LogP contribution < -0.4 is 16.4 Å². The first-order valence-corrected chi connectivity index (χ1v) is 7.38. The van der Waals surface area contributed by atoms with Gasteiger partial charge in [0, 0.05) is 22.7 Å².